The monoisotopic (exact) mass is 263 g/mol. The van der Waals surface area contributed by atoms with Gasteiger partial charge in [0.2, 0.25) is 5.91 Å². The van der Waals surface area contributed by atoms with Crippen LogP contribution in [-0.2, 0) is 11.8 Å². The Hall–Kier alpha value is -2.03. The quantitative estimate of drug-likeness (QED) is 0.792. The van der Waals surface area contributed by atoms with Crippen LogP contribution in [0.1, 0.15) is 24.6 Å². The molecule has 0 saturated heterocycles. The van der Waals surface area contributed by atoms with Gasteiger partial charge >= 0.3 is 0 Å². The summed E-state index contributed by atoms with van der Waals surface area (Å²) in [6, 6.07) is 2.18. The van der Waals surface area contributed by atoms with Gasteiger partial charge in [0.15, 0.2) is 0 Å². The highest BCUT2D eigenvalue weighted by Gasteiger charge is 2.21. The molecule has 1 rings (SSSR count). The van der Waals surface area contributed by atoms with Gasteiger partial charge < -0.3 is 9.80 Å². The minimum absolute atomic E-state index is 0.0104. The molecule has 0 bridgehead atoms. The van der Waals surface area contributed by atoms with E-state index in [1.54, 1.807) is 37.6 Å². The number of aryl methyl sites for hydroxylation is 2. The SMILES string of the molecule is CCCN(CC(=O)N(C)C)c1c(C#N)c(C)nn1C. The second kappa shape index (κ2) is 6.23. The van der Waals surface area contributed by atoms with Crippen molar-refractivity contribution in [2.45, 2.75) is 20.3 Å². The number of aromatic nitrogens is 2. The first-order chi connectivity index (χ1) is 8.92. The van der Waals surface area contributed by atoms with E-state index < -0.39 is 0 Å². The van der Waals surface area contributed by atoms with E-state index in [2.05, 4.69) is 11.2 Å². The zero-order valence-corrected chi connectivity index (χ0v) is 12.3. The van der Waals surface area contributed by atoms with Crippen molar-refractivity contribution in [3.8, 4) is 6.07 Å². The number of hydrogen-bond donors (Lipinski definition) is 0. The van der Waals surface area contributed by atoms with Crippen LogP contribution in [0, 0.1) is 18.3 Å². The van der Waals surface area contributed by atoms with Crippen molar-refractivity contribution in [2.24, 2.45) is 7.05 Å². The highest BCUT2D eigenvalue weighted by atomic mass is 16.2. The number of amides is 1. The van der Waals surface area contributed by atoms with E-state index in [1.165, 1.54) is 0 Å². The summed E-state index contributed by atoms with van der Waals surface area (Å²) in [6.07, 6.45) is 0.899. The smallest absolute Gasteiger partial charge is 0.241 e. The third-order valence-corrected chi connectivity index (χ3v) is 2.92. The molecule has 0 aromatic carbocycles. The maximum Gasteiger partial charge on any atom is 0.241 e. The van der Waals surface area contributed by atoms with Gasteiger partial charge in [-0.25, -0.2) is 0 Å². The Balaban J connectivity index is 3.13. The van der Waals surface area contributed by atoms with Gasteiger partial charge in [-0.3, -0.25) is 9.48 Å². The van der Waals surface area contributed by atoms with Gasteiger partial charge in [0.1, 0.15) is 17.5 Å². The molecule has 0 spiro atoms. The standard InChI is InChI=1S/C13H21N5O/c1-6-7-18(9-12(19)16(3)4)13-11(8-14)10(2)15-17(13)5/h6-7,9H2,1-5H3. The number of nitrogens with zero attached hydrogens (tertiary/aromatic N) is 5. The Morgan fingerprint density at radius 2 is 2.11 bits per heavy atom. The fourth-order valence-electron chi connectivity index (χ4n) is 1.97. The zero-order chi connectivity index (χ0) is 14.6. The van der Waals surface area contributed by atoms with E-state index in [9.17, 15) is 10.1 Å². The summed E-state index contributed by atoms with van der Waals surface area (Å²) in [5.41, 5.74) is 1.24. The third-order valence-electron chi connectivity index (χ3n) is 2.92. The van der Waals surface area contributed by atoms with Crippen LogP contribution in [0.4, 0.5) is 5.82 Å². The van der Waals surface area contributed by atoms with Gasteiger partial charge in [-0.05, 0) is 13.3 Å². The van der Waals surface area contributed by atoms with E-state index in [-0.39, 0.29) is 12.5 Å². The number of carbonyl (C=O) groups excluding carboxylic acids is 1. The minimum atomic E-state index is 0.0104. The molecule has 0 aliphatic rings. The first-order valence-corrected chi connectivity index (χ1v) is 6.31. The zero-order valence-electron chi connectivity index (χ0n) is 12.3. The normalized spacial score (nSPS) is 10.1. The molecule has 1 aromatic heterocycles. The van der Waals surface area contributed by atoms with Gasteiger partial charge in [0.25, 0.3) is 0 Å². The second-order valence-electron chi connectivity index (χ2n) is 4.73. The van der Waals surface area contributed by atoms with Crippen LogP contribution in [-0.4, -0.2) is 47.8 Å². The Morgan fingerprint density at radius 1 is 1.47 bits per heavy atom. The van der Waals surface area contributed by atoms with Crippen LogP contribution in [0.2, 0.25) is 0 Å². The molecule has 0 unspecified atom stereocenters. The van der Waals surface area contributed by atoms with Crippen LogP contribution < -0.4 is 4.90 Å². The molecular formula is C13H21N5O. The Kier molecular flexibility index (Phi) is 4.93. The molecule has 0 atom stereocenters. The molecule has 19 heavy (non-hydrogen) atoms. The van der Waals surface area contributed by atoms with Crippen molar-refractivity contribution in [1.82, 2.24) is 14.7 Å². The summed E-state index contributed by atoms with van der Waals surface area (Å²) in [6.45, 7) is 4.82. The molecule has 1 amide bonds. The number of anilines is 1. The minimum Gasteiger partial charge on any atom is -0.347 e. The average Bonchev–Trinajstić information content (AvgIpc) is 2.62. The van der Waals surface area contributed by atoms with E-state index in [0.717, 1.165) is 12.2 Å². The van der Waals surface area contributed by atoms with Crippen LogP contribution in [0.3, 0.4) is 0 Å². The molecule has 0 fully saturated rings. The van der Waals surface area contributed by atoms with Gasteiger partial charge in [-0.2, -0.15) is 10.4 Å². The highest BCUT2D eigenvalue weighted by molar-refractivity contribution is 5.81. The average molecular weight is 263 g/mol. The lowest BCUT2D eigenvalue weighted by Gasteiger charge is -2.25. The van der Waals surface area contributed by atoms with E-state index in [4.69, 9.17) is 0 Å². The van der Waals surface area contributed by atoms with Crippen LogP contribution in [0.25, 0.3) is 0 Å². The summed E-state index contributed by atoms with van der Waals surface area (Å²) in [5.74, 6) is 0.730. The first kappa shape index (κ1) is 15.0. The van der Waals surface area contributed by atoms with Crippen LogP contribution in [0.15, 0.2) is 0 Å². The van der Waals surface area contributed by atoms with Crippen molar-refractivity contribution in [3.63, 3.8) is 0 Å². The van der Waals surface area contributed by atoms with Crippen molar-refractivity contribution >= 4 is 11.7 Å². The fraction of sp³-hybridized carbons (Fsp3) is 0.615. The molecule has 0 aliphatic carbocycles. The second-order valence-corrected chi connectivity index (χ2v) is 4.73. The van der Waals surface area contributed by atoms with Gasteiger partial charge in [-0.1, -0.05) is 6.92 Å². The maximum absolute atomic E-state index is 11.9. The maximum atomic E-state index is 11.9. The lowest BCUT2D eigenvalue weighted by molar-refractivity contribution is -0.127. The molecular weight excluding hydrogens is 242 g/mol. The van der Waals surface area contributed by atoms with E-state index in [0.29, 0.717) is 17.8 Å². The van der Waals surface area contributed by atoms with E-state index >= 15 is 0 Å². The molecule has 1 heterocycles. The Labute approximate surface area is 114 Å². The van der Waals surface area contributed by atoms with Crippen molar-refractivity contribution < 1.29 is 4.79 Å². The fourth-order valence-corrected chi connectivity index (χ4v) is 1.97. The van der Waals surface area contributed by atoms with Gasteiger partial charge in [0.05, 0.1) is 12.2 Å². The summed E-state index contributed by atoms with van der Waals surface area (Å²) in [4.78, 5) is 15.4. The number of nitriles is 1. The molecule has 1 aromatic rings. The lowest BCUT2D eigenvalue weighted by atomic mass is 10.2. The number of hydrogen-bond acceptors (Lipinski definition) is 4. The summed E-state index contributed by atoms with van der Waals surface area (Å²) < 4.78 is 1.67. The number of likely N-dealkylation sites (N-methyl/N-ethyl adjacent to an activating group) is 1. The number of rotatable bonds is 5. The molecule has 6 heteroatoms. The predicted molar refractivity (Wildman–Crippen MR) is 73.9 cm³/mol. The lowest BCUT2D eigenvalue weighted by Crippen LogP contribution is -2.38. The van der Waals surface area contributed by atoms with Gasteiger partial charge in [-0.15, -0.1) is 0 Å². The molecule has 0 radical (unpaired) electrons. The van der Waals surface area contributed by atoms with Crippen LogP contribution >= 0.6 is 0 Å². The predicted octanol–water partition coefficient (Wildman–Crippen LogP) is 0.905. The Morgan fingerprint density at radius 3 is 2.58 bits per heavy atom. The summed E-state index contributed by atoms with van der Waals surface area (Å²) >= 11 is 0. The van der Waals surface area contributed by atoms with Crippen LogP contribution in [0.5, 0.6) is 0 Å². The van der Waals surface area contributed by atoms with Crippen molar-refractivity contribution in [3.05, 3.63) is 11.3 Å². The highest BCUT2D eigenvalue weighted by Crippen LogP contribution is 2.22. The summed E-state index contributed by atoms with van der Waals surface area (Å²) in [7, 11) is 5.25. The third kappa shape index (κ3) is 3.25. The summed E-state index contributed by atoms with van der Waals surface area (Å²) in [5, 5.41) is 13.5. The Bertz CT molecular complexity index is 498. The van der Waals surface area contributed by atoms with Crippen molar-refractivity contribution in [2.75, 3.05) is 32.1 Å². The van der Waals surface area contributed by atoms with Crippen molar-refractivity contribution in [1.29, 1.82) is 5.26 Å². The van der Waals surface area contributed by atoms with E-state index in [1.807, 2.05) is 11.8 Å². The molecule has 0 saturated carbocycles. The molecule has 0 N–H and O–H groups in total. The molecule has 0 aliphatic heterocycles. The topological polar surface area (TPSA) is 65.2 Å². The molecule has 6 nitrogen and oxygen atoms in total. The first-order valence-electron chi connectivity index (χ1n) is 6.31. The number of carbonyl (C=O) groups is 1. The van der Waals surface area contributed by atoms with Gasteiger partial charge in [0, 0.05) is 27.7 Å². The largest absolute Gasteiger partial charge is 0.347 e. The molecule has 104 valence electrons.